The lowest BCUT2D eigenvalue weighted by atomic mass is 9.72. The number of hydrogen-bond acceptors (Lipinski definition) is 4. The van der Waals surface area contributed by atoms with Crippen molar-refractivity contribution in [2.45, 2.75) is 44.9 Å². The summed E-state index contributed by atoms with van der Waals surface area (Å²) >= 11 is 0. The van der Waals surface area contributed by atoms with E-state index < -0.39 is 46.1 Å². The quantitative estimate of drug-likeness (QED) is 0.680. The Morgan fingerprint density at radius 1 is 1.12 bits per heavy atom. The van der Waals surface area contributed by atoms with E-state index >= 15 is 0 Å². The molecule has 0 radical (unpaired) electrons. The molecule has 1 aliphatic heterocycles. The summed E-state index contributed by atoms with van der Waals surface area (Å²) in [6.07, 6.45) is -2.61. The van der Waals surface area contributed by atoms with Crippen LogP contribution in [0.4, 0.5) is 17.6 Å². The number of alkyl halides is 3. The maximum atomic E-state index is 14.7. The minimum absolute atomic E-state index is 0.0321. The van der Waals surface area contributed by atoms with E-state index in [1.807, 2.05) is 5.32 Å². The number of nitrogens with one attached hydrogen (secondary N) is 1. The summed E-state index contributed by atoms with van der Waals surface area (Å²) in [5.41, 5.74) is -4.89. The van der Waals surface area contributed by atoms with Gasteiger partial charge < -0.3 is 10.2 Å². The van der Waals surface area contributed by atoms with Gasteiger partial charge in [-0.25, -0.2) is 4.39 Å². The molecule has 10 heteroatoms. The van der Waals surface area contributed by atoms with Gasteiger partial charge in [-0.3, -0.25) is 19.4 Å². The van der Waals surface area contributed by atoms with Gasteiger partial charge in [-0.2, -0.15) is 13.2 Å². The molecule has 2 amide bonds. The van der Waals surface area contributed by atoms with Gasteiger partial charge in [0.2, 0.25) is 5.54 Å². The van der Waals surface area contributed by atoms with E-state index in [0.29, 0.717) is 5.56 Å². The van der Waals surface area contributed by atoms with Crippen LogP contribution in [0.1, 0.15) is 42.6 Å². The Bertz CT molecular complexity index is 1190. The molecule has 1 aliphatic carbocycles. The number of allylic oxidation sites excluding steroid dienone is 1. The SMILES string of the molecule is CC1(C)CC(=O)C2=C(C1)N(Cc1cccnc1)C(=O)[C@]2(NC(=O)c1ccc(F)cc1)C(F)(F)F. The summed E-state index contributed by atoms with van der Waals surface area (Å²) < 4.78 is 57.5. The summed E-state index contributed by atoms with van der Waals surface area (Å²) in [7, 11) is 0. The molecule has 0 bridgehead atoms. The van der Waals surface area contributed by atoms with E-state index in [1.54, 1.807) is 26.0 Å². The Hall–Kier alpha value is -3.56. The van der Waals surface area contributed by atoms with Crippen molar-refractivity contribution in [3.05, 3.63) is 77.0 Å². The van der Waals surface area contributed by atoms with Crippen LogP contribution >= 0.6 is 0 Å². The molecule has 34 heavy (non-hydrogen) atoms. The molecular formula is C24H21F4N3O3. The summed E-state index contributed by atoms with van der Waals surface area (Å²) in [5.74, 6) is -4.25. The van der Waals surface area contributed by atoms with Gasteiger partial charge in [-0.1, -0.05) is 19.9 Å². The highest BCUT2D eigenvalue weighted by molar-refractivity contribution is 6.14. The topological polar surface area (TPSA) is 79.4 Å². The number of nitrogens with zero attached hydrogens (tertiary/aromatic N) is 2. The number of aromatic nitrogens is 1. The second-order valence-electron chi connectivity index (χ2n) is 9.22. The number of rotatable bonds is 4. The fourth-order valence-electron chi connectivity index (χ4n) is 4.51. The maximum absolute atomic E-state index is 14.7. The third kappa shape index (κ3) is 3.86. The fraction of sp³-hybridized carbons (Fsp3) is 0.333. The number of halogens is 4. The first-order chi connectivity index (χ1) is 15.9. The maximum Gasteiger partial charge on any atom is 0.425 e. The van der Waals surface area contributed by atoms with Gasteiger partial charge >= 0.3 is 6.18 Å². The van der Waals surface area contributed by atoms with E-state index in [9.17, 15) is 31.9 Å². The Labute approximate surface area is 192 Å². The second kappa shape index (κ2) is 8.03. The molecule has 6 nitrogen and oxygen atoms in total. The van der Waals surface area contributed by atoms with Crippen LogP contribution in [0.5, 0.6) is 0 Å². The number of carbonyl (C=O) groups is 3. The average Bonchev–Trinajstić information content (AvgIpc) is 2.97. The van der Waals surface area contributed by atoms with Crippen molar-refractivity contribution in [1.29, 1.82) is 0 Å². The number of Topliss-reactive ketones (excluding diaryl/α,β-unsaturated/α-hetero) is 1. The zero-order valence-electron chi connectivity index (χ0n) is 18.4. The highest BCUT2D eigenvalue weighted by atomic mass is 19.4. The van der Waals surface area contributed by atoms with Crippen LogP contribution in [0.3, 0.4) is 0 Å². The van der Waals surface area contributed by atoms with Crippen LogP contribution in [0.25, 0.3) is 0 Å². The minimum atomic E-state index is -5.32. The van der Waals surface area contributed by atoms with Gasteiger partial charge in [0, 0.05) is 30.1 Å². The summed E-state index contributed by atoms with van der Waals surface area (Å²) in [4.78, 5) is 44.3. The molecule has 1 atom stereocenters. The first-order valence-electron chi connectivity index (χ1n) is 10.5. The van der Waals surface area contributed by atoms with Gasteiger partial charge in [0.1, 0.15) is 5.82 Å². The summed E-state index contributed by atoms with van der Waals surface area (Å²) in [6.45, 7) is 3.21. The van der Waals surface area contributed by atoms with Gasteiger partial charge in [-0.15, -0.1) is 0 Å². The van der Waals surface area contributed by atoms with E-state index in [0.717, 1.165) is 29.2 Å². The lowest BCUT2D eigenvalue weighted by Crippen LogP contribution is -2.66. The van der Waals surface area contributed by atoms with Crippen LogP contribution in [-0.2, 0) is 16.1 Å². The van der Waals surface area contributed by atoms with Crippen molar-refractivity contribution in [3.63, 3.8) is 0 Å². The van der Waals surface area contributed by atoms with Gasteiger partial charge in [-0.05, 0) is 47.7 Å². The number of benzene rings is 1. The van der Waals surface area contributed by atoms with Crippen LogP contribution in [0.15, 0.2) is 60.1 Å². The Morgan fingerprint density at radius 2 is 1.79 bits per heavy atom. The third-order valence-electron chi connectivity index (χ3n) is 6.02. The highest BCUT2D eigenvalue weighted by Gasteiger charge is 2.71. The summed E-state index contributed by atoms with van der Waals surface area (Å²) in [6, 6.07) is 7.01. The molecule has 0 saturated heterocycles. The van der Waals surface area contributed by atoms with Crippen LogP contribution < -0.4 is 5.32 Å². The molecule has 1 N–H and O–H groups in total. The number of ketones is 1. The lowest BCUT2D eigenvalue weighted by Gasteiger charge is -2.35. The third-order valence-corrected chi connectivity index (χ3v) is 6.02. The van der Waals surface area contributed by atoms with Crippen LogP contribution in [-0.4, -0.2) is 39.2 Å². The van der Waals surface area contributed by atoms with Crippen LogP contribution in [0, 0.1) is 11.2 Å². The normalized spacial score (nSPS) is 22.1. The standard InChI is InChI=1S/C24H21F4N3O3/c1-22(2)10-17-19(18(32)11-22)23(24(26,27)28,30-20(33)15-5-7-16(25)8-6-15)21(34)31(17)13-14-4-3-9-29-12-14/h3-9,12H,10-11,13H2,1-2H3,(H,30,33)/t23-/m0/s1. The lowest BCUT2D eigenvalue weighted by molar-refractivity contribution is -0.190. The summed E-state index contributed by atoms with van der Waals surface area (Å²) in [5, 5.41) is 1.82. The molecule has 2 aliphatic rings. The fourth-order valence-corrected chi connectivity index (χ4v) is 4.51. The Morgan fingerprint density at radius 3 is 2.38 bits per heavy atom. The molecule has 2 heterocycles. The predicted molar refractivity (Wildman–Crippen MR) is 112 cm³/mol. The Balaban J connectivity index is 1.86. The van der Waals surface area contributed by atoms with E-state index in [1.165, 1.54) is 12.4 Å². The highest BCUT2D eigenvalue weighted by Crippen LogP contribution is 2.52. The van der Waals surface area contributed by atoms with Gasteiger partial charge in [0.25, 0.3) is 11.8 Å². The predicted octanol–water partition coefficient (Wildman–Crippen LogP) is 3.94. The number of carbonyl (C=O) groups excluding carboxylic acids is 3. The zero-order valence-corrected chi connectivity index (χ0v) is 18.4. The monoisotopic (exact) mass is 475 g/mol. The number of pyridine rings is 1. The molecule has 178 valence electrons. The molecular weight excluding hydrogens is 454 g/mol. The van der Waals surface area contributed by atoms with Gasteiger partial charge in [0.15, 0.2) is 5.78 Å². The Kier molecular flexibility index (Phi) is 5.58. The molecule has 1 aromatic carbocycles. The zero-order chi connectivity index (χ0) is 24.9. The van der Waals surface area contributed by atoms with E-state index in [2.05, 4.69) is 4.98 Å². The largest absolute Gasteiger partial charge is 0.425 e. The van der Waals surface area contributed by atoms with E-state index in [-0.39, 0.29) is 30.6 Å². The minimum Gasteiger partial charge on any atom is -0.326 e. The second-order valence-corrected chi connectivity index (χ2v) is 9.22. The molecule has 4 rings (SSSR count). The molecule has 0 spiro atoms. The van der Waals surface area contributed by atoms with Crippen molar-refractivity contribution in [2.75, 3.05) is 0 Å². The van der Waals surface area contributed by atoms with Crippen molar-refractivity contribution < 1.29 is 31.9 Å². The van der Waals surface area contributed by atoms with Crippen molar-refractivity contribution >= 4 is 17.6 Å². The van der Waals surface area contributed by atoms with E-state index in [4.69, 9.17) is 0 Å². The average molecular weight is 475 g/mol. The molecule has 0 fully saturated rings. The first kappa shape index (κ1) is 23.6. The van der Waals surface area contributed by atoms with Crippen molar-refractivity contribution in [2.24, 2.45) is 5.41 Å². The smallest absolute Gasteiger partial charge is 0.326 e. The molecule has 0 saturated carbocycles. The number of amides is 2. The molecule has 0 unspecified atom stereocenters. The van der Waals surface area contributed by atoms with Gasteiger partial charge in [0.05, 0.1) is 12.1 Å². The molecule has 2 aromatic rings. The first-order valence-corrected chi connectivity index (χ1v) is 10.5. The van der Waals surface area contributed by atoms with Crippen LogP contribution in [0.2, 0.25) is 0 Å². The van der Waals surface area contributed by atoms with Crippen molar-refractivity contribution in [1.82, 2.24) is 15.2 Å². The number of hydrogen-bond donors (Lipinski definition) is 1. The van der Waals surface area contributed by atoms with Crippen molar-refractivity contribution in [3.8, 4) is 0 Å². The molecule has 1 aromatic heterocycles.